The molecule has 1 amide bonds. The van der Waals surface area contributed by atoms with Gasteiger partial charge in [0.25, 0.3) is 5.91 Å². The Morgan fingerprint density at radius 1 is 1.58 bits per heavy atom. The van der Waals surface area contributed by atoms with E-state index in [0.717, 1.165) is 4.88 Å². The molecule has 98 valence electrons. The topological polar surface area (TPSA) is 85.8 Å². The summed E-state index contributed by atoms with van der Waals surface area (Å²) in [6, 6.07) is 3.55. The van der Waals surface area contributed by atoms with Gasteiger partial charge in [0.2, 0.25) is 0 Å². The van der Waals surface area contributed by atoms with E-state index in [1.165, 1.54) is 11.3 Å². The Morgan fingerprint density at radius 2 is 2.42 bits per heavy atom. The highest BCUT2D eigenvalue weighted by molar-refractivity contribution is 7.14. The molecule has 7 heteroatoms. The van der Waals surface area contributed by atoms with E-state index in [2.05, 4.69) is 27.2 Å². The van der Waals surface area contributed by atoms with E-state index >= 15 is 0 Å². The van der Waals surface area contributed by atoms with Gasteiger partial charge in [-0.1, -0.05) is 11.8 Å². The van der Waals surface area contributed by atoms with Crippen molar-refractivity contribution >= 4 is 17.2 Å². The second-order valence-electron chi connectivity index (χ2n) is 3.69. The number of nitrogens with zero attached hydrogens (tertiary/aromatic N) is 3. The molecule has 2 heterocycles. The molecule has 2 aromatic heterocycles. The Bertz CT molecular complexity index is 634. The number of nitrogens with two attached hydrogens (primary N) is 1. The molecule has 0 atom stereocenters. The monoisotopic (exact) mass is 275 g/mol. The maximum atomic E-state index is 11.9. The molecule has 0 saturated carbocycles. The summed E-state index contributed by atoms with van der Waals surface area (Å²) in [6.45, 7) is 0.617. The summed E-state index contributed by atoms with van der Waals surface area (Å²) in [5.41, 5.74) is 5.29. The highest BCUT2D eigenvalue weighted by atomic mass is 32.1. The predicted molar refractivity (Wildman–Crippen MR) is 72.4 cm³/mol. The smallest absolute Gasteiger partial charge is 0.261 e. The van der Waals surface area contributed by atoms with Crippen LogP contribution in [0.15, 0.2) is 18.5 Å². The second-order valence-corrected chi connectivity index (χ2v) is 4.77. The summed E-state index contributed by atoms with van der Waals surface area (Å²) in [4.78, 5) is 17.3. The van der Waals surface area contributed by atoms with E-state index in [1.807, 2.05) is 0 Å². The Hall–Kier alpha value is -2.17. The van der Waals surface area contributed by atoms with Crippen LogP contribution in [0.4, 0.5) is 0 Å². The molecule has 2 rings (SSSR count). The fourth-order valence-electron chi connectivity index (χ4n) is 1.38. The van der Waals surface area contributed by atoms with E-state index in [9.17, 15) is 4.79 Å². The molecule has 0 aromatic carbocycles. The van der Waals surface area contributed by atoms with E-state index in [-0.39, 0.29) is 5.91 Å². The number of carbonyl (C=O) groups is 1. The molecule has 0 fully saturated rings. The molecule has 0 aliphatic heterocycles. The molecule has 19 heavy (non-hydrogen) atoms. The zero-order valence-corrected chi connectivity index (χ0v) is 11.2. The highest BCUT2D eigenvalue weighted by Gasteiger charge is 2.09. The van der Waals surface area contributed by atoms with E-state index in [4.69, 9.17) is 5.73 Å². The van der Waals surface area contributed by atoms with Crippen LogP contribution >= 0.6 is 11.3 Å². The van der Waals surface area contributed by atoms with Gasteiger partial charge in [0.15, 0.2) is 5.82 Å². The summed E-state index contributed by atoms with van der Waals surface area (Å²) in [5, 5.41) is 6.84. The van der Waals surface area contributed by atoms with Crippen molar-refractivity contribution in [3.05, 3.63) is 34.0 Å². The molecule has 0 bridgehead atoms. The van der Waals surface area contributed by atoms with Crippen LogP contribution in [0.3, 0.4) is 0 Å². The minimum atomic E-state index is -0.154. The quantitative estimate of drug-likeness (QED) is 0.779. The van der Waals surface area contributed by atoms with Gasteiger partial charge in [-0.25, -0.2) is 4.98 Å². The fourth-order valence-corrected chi connectivity index (χ4v) is 2.17. The lowest BCUT2D eigenvalue weighted by Crippen LogP contribution is -2.22. The van der Waals surface area contributed by atoms with Gasteiger partial charge in [-0.2, -0.15) is 5.10 Å². The average Bonchev–Trinajstić information content (AvgIpc) is 3.02. The van der Waals surface area contributed by atoms with Crippen LogP contribution in [-0.4, -0.2) is 27.2 Å². The third-order valence-electron chi connectivity index (χ3n) is 2.20. The number of carbonyl (C=O) groups excluding carboxylic acids is 1. The summed E-state index contributed by atoms with van der Waals surface area (Å²) in [5.74, 6) is 6.07. The average molecular weight is 275 g/mol. The van der Waals surface area contributed by atoms with Gasteiger partial charge in [0.05, 0.1) is 22.8 Å². The Morgan fingerprint density at radius 3 is 3.11 bits per heavy atom. The first-order chi connectivity index (χ1) is 9.19. The first kappa shape index (κ1) is 13.3. The van der Waals surface area contributed by atoms with Crippen molar-refractivity contribution in [2.45, 2.75) is 6.54 Å². The van der Waals surface area contributed by atoms with Crippen LogP contribution in [0, 0.1) is 11.8 Å². The maximum absolute atomic E-state index is 11.9. The largest absolute Gasteiger partial charge is 0.344 e. The Labute approximate surface area is 114 Å². The molecule has 6 nitrogen and oxygen atoms in total. The van der Waals surface area contributed by atoms with Crippen molar-refractivity contribution in [2.75, 3.05) is 6.54 Å². The summed E-state index contributed by atoms with van der Waals surface area (Å²) < 4.78 is 1.59. The summed E-state index contributed by atoms with van der Waals surface area (Å²) in [7, 11) is 1.78. The van der Waals surface area contributed by atoms with Crippen molar-refractivity contribution < 1.29 is 4.79 Å². The van der Waals surface area contributed by atoms with Gasteiger partial charge < -0.3 is 11.1 Å². The lowest BCUT2D eigenvalue weighted by Gasteiger charge is -1.99. The number of aromatic nitrogens is 3. The van der Waals surface area contributed by atoms with E-state index < -0.39 is 0 Å². The molecule has 2 aromatic rings. The van der Waals surface area contributed by atoms with Gasteiger partial charge in [0, 0.05) is 7.05 Å². The van der Waals surface area contributed by atoms with Crippen molar-refractivity contribution in [1.82, 2.24) is 20.1 Å². The van der Waals surface area contributed by atoms with Crippen LogP contribution < -0.4 is 11.1 Å². The van der Waals surface area contributed by atoms with Gasteiger partial charge in [-0.15, -0.1) is 11.3 Å². The molecular formula is C12H13N5OS. The van der Waals surface area contributed by atoms with Crippen LogP contribution in [-0.2, 0) is 13.6 Å². The van der Waals surface area contributed by atoms with Gasteiger partial charge in [-0.3, -0.25) is 9.48 Å². The second kappa shape index (κ2) is 6.13. The van der Waals surface area contributed by atoms with Crippen molar-refractivity contribution in [1.29, 1.82) is 0 Å². The minimum absolute atomic E-state index is 0.154. The number of nitrogens with one attached hydrogen (secondary N) is 1. The minimum Gasteiger partial charge on any atom is -0.344 e. The number of thiophene rings is 1. The van der Waals surface area contributed by atoms with Crippen LogP contribution in [0.2, 0.25) is 0 Å². The SMILES string of the molecule is Cn1cnc(CNC(=O)c2ccc(C#CCN)s2)n1. The van der Waals surface area contributed by atoms with Gasteiger partial charge in [0.1, 0.15) is 6.33 Å². The van der Waals surface area contributed by atoms with Crippen LogP contribution in [0.1, 0.15) is 20.4 Å². The molecule has 0 radical (unpaired) electrons. The van der Waals surface area contributed by atoms with E-state index in [1.54, 1.807) is 30.2 Å². The predicted octanol–water partition coefficient (Wildman–Crippen LogP) is 0.117. The standard InChI is InChI=1S/C12H13N5OS/c1-17-8-15-11(16-17)7-14-12(18)10-5-4-9(19-10)3-2-6-13/h4-5,8H,6-7,13H2,1H3,(H,14,18). The third kappa shape index (κ3) is 3.64. The number of hydrogen-bond acceptors (Lipinski definition) is 5. The summed E-state index contributed by atoms with van der Waals surface area (Å²) in [6.07, 6.45) is 1.59. The van der Waals surface area contributed by atoms with Gasteiger partial charge >= 0.3 is 0 Å². The number of hydrogen-bond donors (Lipinski definition) is 2. The van der Waals surface area contributed by atoms with Gasteiger partial charge in [-0.05, 0) is 12.1 Å². The summed E-state index contributed by atoms with van der Waals surface area (Å²) >= 11 is 1.33. The van der Waals surface area contributed by atoms with Crippen LogP contribution in [0.25, 0.3) is 0 Å². The normalized spacial score (nSPS) is 9.79. The number of amides is 1. The fraction of sp³-hybridized carbons (Fsp3) is 0.250. The molecule has 0 saturated heterocycles. The van der Waals surface area contributed by atoms with Crippen molar-refractivity contribution in [2.24, 2.45) is 12.8 Å². The van der Waals surface area contributed by atoms with E-state index in [0.29, 0.717) is 23.8 Å². The molecule has 3 N–H and O–H groups in total. The Balaban J connectivity index is 1.94. The molecule has 0 spiro atoms. The maximum Gasteiger partial charge on any atom is 0.261 e. The van der Waals surface area contributed by atoms with Crippen LogP contribution in [0.5, 0.6) is 0 Å². The molecule has 0 aliphatic carbocycles. The number of aryl methyl sites for hydroxylation is 1. The lowest BCUT2D eigenvalue weighted by molar-refractivity contribution is 0.0954. The lowest BCUT2D eigenvalue weighted by atomic mass is 10.4. The zero-order chi connectivity index (χ0) is 13.7. The first-order valence-electron chi connectivity index (χ1n) is 5.60. The first-order valence-corrected chi connectivity index (χ1v) is 6.42. The third-order valence-corrected chi connectivity index (χ3v) is 3.20. The zero-order valence-electron chi connectivity index (χ0n) is 10.4. The molecule has 0 aliphatic rings. The highest BCUT2D eigenvalue weighted by Crippen LogP contribution is 2.15. The number of rotatable bonds is 3. The Kier molecular flexibility index (Phi) is 4.28. The van der Waals surface area contributed by atoms with Crippen molar-refractivity contribution in [3.63, 3.8) is 0 Å². The molecular weight excluding hydrogens is 262 g/mol. The van der Waals surface area contributed by atoms with Crippen molar-refractivity contribution in [3.8, 4) is 11.8 Å². The molecule has 0 unspecified atom stereocenters.